The Kier molecular flexibility index (Phi) is 19.5. The van der Waals surface area contributed by atoms with Gasteiger partial charge in [0.15, 0.2) is 0 Å². The van der Waals surface area contributed by atoms with Crippen LogP contribution in [0.15, 0.2) is 0 Å². The third kappa shape index (κ3) is 16.5. The van der Waals surface area contributed by atoms with Crippen molar-refractivity contribution in [3.63, 3.8) is 0 Å². The molecular formula is C20H40N2O4S2. The number of aliphatic hydroxyl groups is 2. The predicted octanol–water partition coefficient (Wildman–Crippen LogP) is 3.26. The first kappa shape index (κ1) is 27.6. The van der Waals surface area contributed by atoms with Gasteiger partial charge in [0.25, 0.3) is 0 Å². The van der Waals surface area contributed by atoms with E-state index in [0.717, 1.165) is 62.9 Å². The van der Waals surface area contributed by atoms with Crippen molar-refractivity contribution in [2.45, 2.75) is 90.3 Å². The highest BCUT2D eigenvalue weighted by atomic mass is 33.1. The Morgan fingerprint density at radius 2 is 1.11 bits per heavy atom. The third-order valence-electron chi connectivity index (χ3n) is 4.32. The number of amides is 2. The fourth-order valence-corrected chi connectivity index (χ4v) is 4.39. The van der Waals surface area contributed by atoms with E-state index < -0.39 is 12.2 Å². The predicted molar refractivity (Wildman–Crippen MR) is 120 cm³/mol. The van der Waals surface area contributed by atoms with Crippen molar-refractivity contribution >= 4 is 33.4 Å². The van der Waals surface area contributed by atoms with E-state index in [4.69, 9.17) is 0 Å². The molecule has 0 bridgehead atoms. The molecule has 0 aromatic rings. The van der Waals surface area contributed by atoms with Crippen molar-refractivity contribution in [3.05, 3.63) is 0 Å². The Morgan fingerprint density at radius 1 is 0.714 bits per heavy atom. The lowest BCUT2D eigenvalue weighted by Crippen LogP contribution is -2.36. The van der Waals surface area contributed by atoms with Gasteiger partial charge in [0, 0.05) is 24.6 Å². The van der Waals surface area contributed by atoms with Gasteiger partial charge in [-0.25, -0.2) is 0 Å². The molecule has 0 aliphatic rings. The molecule has 8 heteroatoms. The number of aliphatic hydroxyl groups excluding tert-OH is 2. The topological polar surface area (TPSA) is 98.7 Å². The Bertz CT molecular complexity index is 364. The maximum atomic E-state index is 11.7. The van der Waals surface area contributed by atoms with Gasteiger partial charge in [0.2, 0.25) is 11.8 Å². The summed E-state index contributed by atoms with van der Waals surface area (Å²) in [5.74, 6) is 0.907. The molecular weight excluding hydrogens is 396 g/mol. The van der Waals surface area contributed by atoms with Crippen molar-refractivity contribution in [2.75, 3.05) is 24.6 Å². The molecule has 0 radical (unpaired) electrons. The second kappa shape index (κ2) is 19.9. The fraction of sp³-hybridized carbons (Fsp3) is 0.900. The summed E-state index contributed by atoms with van der Waals surface area (Å²) in [6, 6.07) is 0. The minimum atomic E-state index is -0.905. The molecule has 0 fully saturated rings. The van der Waals surface area contributed by atoms with Gasteiger partial charge in [-0.3, -0.25) is 9.59 Å². The Morgan fingerprint density at radius 3 is 1.46 bits per heavy atom. The summed E-state index contributed by atoms with van der Waals surface area (Å²) < 4.78 is 0. The van der Waals surface area contributed by atoms with Crippen LogP contribution in [0.1, 0.15) is 78.1 Å². The monoisotopic (exact) mass is 436 g/mol. The van der Waals surface area contributed by atoms with Gasteiger partial charge in [-0.15, -0.1) is 0 Å². The number of nitrogens with one attached hydrogen (secondary N) is 2. The van der Waals surface area contributed by atoms with E-state index in [1.807, 2.05) is 0 Å². The molecule has 0 spiro atoms. The van der Waals surface area contributed by atoms with Crippen LogP contribution in [0, 0.1) is 0 Å². The molecule has 2 atom stereocenters. The molecule has 2 unspecified atom stereocenters. The molecule has 0 rings (SSSR count). The van der Waals surface area contributed by atoms with Crippen LogP contribution in [0.5, 0.6) is 0 Å². The van der Waals surface area contributed by atoms with Crippen LogP contribution in [0.4, 0.5) is 0 Å². The summed E-state index contributed by atoms with van der Waals surface area (Å²) in [5.41, 5.74) is 0. The first-order chi connectivity index (χ1) is 13.5. The minimum Gasteiger partial charge on any atom is -0.383 e. The van der Waals surface area contributed by atoms with Crippen molar-refractivity contribution in [3.8, 4) is 0 Å². The van der Waals surface area contributed by atoms with Gasteiger partial charge in [-0.05, 0) is 12.8 Å². The van der Waals surface area contributed by atoms with Crippen LogP contribution in [0.2, 0.25) is 0 Å². The van der Waals surface area contributed by atoms with E-state index in [9.17, 15) is 19.8 Å². The van der Waals surface area contributed by atoms with Crippen molar-refractivity contribution < 1.29 is 19.8 Å². The Balaban J connectivity index is 3.51. The Hall–Kier alpha value is -0.440. The highest BCUT2D eigenvalue weighted by Crippen LogP contribution is 2.19. The van der Waals surface area contributed by atoms with Gasteiger partial charge in [0.1, 0.15) is 12.2 Å². The van der Waals surface area contributed by atoms with Gasteiger partial charge in [-0.2, -0.15) is 0 Å². The van der Waals surface area contributed by atoms with Crippen LogP contribution >= 0.6 is 21.6 Å². The second-order valence-corrected chi connectivity index (χ2v) is 9.66. The van der Waals surface area contributed by atoms with Crippen molar-refractivity contribution in [1.29, 1.82) is 0 Å². The Labute approximate surface area is 178 Å². The molecule has 28 heavy (non-hydrogen) atoms. The van der Waals surface area contributed by atoms with E-state index in [0.29, 0.717) is 25.9 Å². The van der Waals surface area contributed by atoms with Crippen LogP contribution in [0.25, 0.3) is 0 Å². The smallest absolute Gasteiger partial charge is 0.248 e. The SMILES string of the molecule is CCCCCCC(O)C(=O)NCCSSCCNC(=O)C(O)CCCCCC. The molecule has 4 N–H and O–H groups in total. The van der Waals surface area contributed by atoms with Crippen LogP contribution in [0.3, 0.4) is 0 Å². The molecule has 0 aliphatic carbocycles. The highest BCUT2D eigenvalue weighted by molar-refractivity contribution is 8.76. The lowest BCUT2D eigenvalue weighted by atomic mass is 10.1. The van der Waals surface area contributed by atoms with Crippen molar-refractivity contribution in [1.82, 2.24) is 10.6 Å². The van der Waals surface area contributed by atoms with E-state index in [2.05, 4.69) is 24.5 Å². The molecule has 0 saturated carbocycles. The molecule has 0 saturated heterocycles. The number of unbranched alkanes of at least 4 members (excludes halogenated alkanes) is 6. The zero-order valence-corrected chi connectivity index (χ0v) is 19.2. The average Bonchev–Trinajstić information content (AvgIpc) is 2.69. The minimum absolute atomic E-state index is 0.290. The number of rotatable bonds is 19. The normalized spacial score (nSPS) is 13.1. The standard InChI is InChI=1S/C20H40N2O4S2/c1-3-5-7-9-11-17(23)19(25)21-13-15-27-28-16-14-22-20(26)18(24)12-10-8-6-4-2/h17-18,23-24H,3-16H2,1-2H3,(H,21,25)(H,22,26). The van der Waals surface area contributed by atoms with E-state index >= 15 is 0 Å². The summed E-state index contributed by atoms with van der Waals surface area (Å²) in [6.45, 7) is 5.30. The number of carbonyl (C=O) groups excluding carboxylic acids is 2. The number of hydrogen-bond acceptors (Lipinski definition) is 6. The number of hydrogen-bond donors (Lipinski definition) is 4. The third-order valence-corrected chi connectivity index (χ3v) is 6.73. The van der Waals surface area contributed by atoms with Gasteiger partial charge < -0.3 is 20.8 Å². The quantitative estimate of drug-likeness (QED) is 0.183. The van der Waals surface area contributed by atoms with Crippen LogP contribution in [-0.4, -0.2) is 58.8 Å². The fourth-order valence-electron chi connectivity index (χ4n) is 2.58. The van der Waals surface area contributed by atoms with Crippen LogP contribution in [-0.2, 0) is 9.59 Å². The molecule has 166 valence electrons. The first-order valence-corrected chi connectivity index (χ1v) is 13.2. The molecule has 0 aromatic carbocycles. The largest absolute Gasteiger partial charge is 0.383 e. The molecule has 0 heterocycles. The average molecular weight is 437 g/mol. The zero-order chi connectivity index (χ0) is 21.0. The van der Waals surface area contributed by atoms with Gasteiger partial charge in [-0.1, -0.05) is 86.8 Å². The molecule has 0 aliphatic heterocycles. The highest BCUT2D eigenvalue weighted by Gasteiger charge is 2.14. The lowest BCUT2D eigenvalue weighted by molar-refractivity contribution is -0.130. The lowest BCUT2D eigenvalue weighted by Gasteiger charge is -2.12. The molecule has 6 nitrogen and oxygen atoms in total. The van der Waals surface area contributed by atoms with Crippen LogP contribution < -0.4 is 10.6 Å². The van der Waals surface area contributed by atoms with E-state index in [-0.39, 0.29) is 11.8 Å². The van der Waals surface area contributed by atoms with E-state index in [1.54, 1.807) is 21.6 Å². The first-order valence-electron chi connectivity index (χ1n) is 10.7. The molecule has 2 amide bonds. The van der Waals surface area contributed by atoms with Crippen molar-refractivity contribution in [2.24, 2.45) is 0 Å². The summed E-state index contributed by atoms with van der Waals surface area (Å²) in [6.07, 6.45) is 7.67. The summed E-state index contributed by atoms with van der Waals surface area (Å²) in [7, 11) is 3.23. The summed E-state index contributed by atoms with van der Waals surface area (Å²) >= 11 is 0. The number of carbonyl (C=O) groups is 2. The van der Waals surface area contributed by atoms with E-state index in [1.165, 1.54) is 0 Å². The summed E-state index contributed by atoms with van der Waals surface area (Å²) in [5, 5.41) is 25.1. The molecule has 0 aromatic heterocycles. The maximum absolute atomic E-state index is 11.7. The maximum Gasteiger partial charge on any atom is 0.248 e. The van der Waals surface area contributed by atoms with Gasteiger partial charge >= 0.3 is 0 Å². The summed E-state index contributed by atoms with van der Waals surface area (Å²) in [4.78, 5) is 23.5. The second-order valence-electron chi connectivity index (χ2n) is 6.96. The van der Waals surface area contributed by atoms with Gasteiger partial charge in [0.05, 0.1) is 0 Å². The zero-order valence-electron chi connectivity index (χ0n) is 17.6.